The monoisotopic (exact) mass is 444 g/mol. The predicted octanol–water partition coefficient (Wildman–Crippen LogP) is 4.68. The van der Waals surface area contributed by atoms with Crippen LogP contribution in [0.1, 0.15) is 18.1 Å². The maximum absolute atomic E-state index is 13.6. The van der Waals surface area contributed by atoms with Crippen LogP contribution in [0.2, 0.25) is 0 Å². The Morgan fingerprint density at radius 1 is 0.879 bits per heavy atom. The molecule has 1 aliphatic rings. The molecule has 0 aromatic heterocycles. The Kier molecular flexibility index (Phi) is 6.54. The van der Waals surface area contributed by atoms with Crippen molar-refractivity contribution in [2.45, 2.75) is 13.3 Å². The molecule has 0 saturated heterocycles. The van der Waals surface area contributed by atoms with Crippen LogP contribution in [-0.2, 0) is 16.0 Å². The van der Waals surface area contributed by atoms with Gasteiger partial charge in [-0.1, -0.05) is 42.5 Å². The molecule has 6 heteroatoms. The Bertz CT molecular complexity index is 1170. The Morgan fingerprint density at radius 3 is 2.15 bits per heavy atom. The summed E-state index contributed by atoms with van der Waals surface area (Å²) in [4.78, 5) is 30.3. The number of para-hydroxylation sites is 1. The van der Waals surface area contributed by atoms with Gasteiger partial charge in [-0.05, 0) is 60.9 Å². The van der Waals surface area contributed by atoms with Crippen LogP contribution in [0.5, 0.6) is 5.75 Å². The minimum Gasteiger partial charge on any atom is -0.497 e. The summed E-state index contributed by atoms with van der Waals surface area (Å²) < 4.78 is 18.5. The summed E-state index contributed by atoms with van der Waals surface area (Å²) in [5.74, 6) is -0.323. The van der Waals surface area contributed by atoms with Gasteiger partial charge in [-0.25, -0.2) is 4.39 Å². The van der Waals surface area contributed by atoms with E-state index in [-0.39, 0.29) is 24.2 Å². The SMILES string of the molecule is CCN(C1=C(c2ccc(OC)cc2)C(=O)N(CCc2ccc(F)cc2)C1=O)c1ccccc1. The second-order valence-electron chi connectivity index (χ2n) is 7.67. The van der Waals surface area contributed by atoms with E-state index in [2.05, 4.69) is 0 Å². The van der Waals surface area contributed by atoms with Crippen molar-refractivity contribution in [1.82, 2.24) is 4.90 Å². The smallest absolute Gasteiger partial charge is 0.278 e. The van der Waals surface area contributed by atoms with Crippen molar-refractivity contribution in [3.8, 4) is 5.75 Å². The topological polar surface area (TPSA) is 49.9 Å². The predicted molar refractivity (Wildman–Crippen MR) is 126 cm³/mol. The molecule has 0 radical (unpaired) electrons. The number of halogens is 1. The molecule has 168 valence electrons. The maximum Gasteiger partial charge on any atom is 0.278 e. The molecule has 1 aliphatic heterocycles. The molecule has 0 spiro atoms. The molecule has 3 aromatic rings. The summed E-state index contributed by atoms with van der Waals surface area (Å²) in [6.07, 6.45) is 0.443. The number of carbonyl (C=O) groups excluding carboxylic acids is 2. The number of imide groups is 1. The molecule has 0 fully saturated rings. The van der Waals surface area contributed by atoms with Crippen LogP contribution in [0.3, 0.4) is 0 Å². The summed E-state index contributed by atoms with van der Waals surface area (Å²) >= 11 is 0. The van der Waals surface area contributed by atoms with Crippen molar-refractivity contribution in [1.29, 1.82) is 0 Å². The summed E-state index contributed by atoms with van der Waals surface area (Å²) in [6.45, 7) is 2.67. The van der Waals surface area contributed by atoms with E-state index in [1.165, 1.54) is 17.0 Å². The van der Waals surface area contributed by atoms with Crippen LogP contribution >= 0.6 is 0 Å². The third-order valence-corrected chi connectivity index (χ3v) is 5.71. The lowest BCUT2D eigenvalue weighted by molar-refractivity contribution is -0.136. The van der Waals surface area contributed by atoms with E-state index in [4.69, 9.17) is 4.74 Å². The number of carbonyl (C=O) groups is 2. The van der Waals surface area contributed by atoms with E-state index >= 15 is 0 Å². The zero-order valence-electron chi connectivity index (χ0n) is 18.6. The number of benzene rings is 3. The van der Waals surface area contributed by atoms with Crippen molar-refractivity contribution in [3.05, 3.63) is 102 Å². The first-order chi connectivity index (χ1) is 16.0. The van der Waals surface area contributed by atoms with E-state index in [0.29, 0.717) is 35.5 Å². The fourth-order valence-electron chi connectivity index (χ4n) is 4.00. The second kappa shape index (κ2) is 9.69. The van der Waals surface area contributed by atoms with Gasteiger partial charge in [0.05, 0.1) is 12.7 Å². The molecule has 5 nitrogen and oxygen atoms in total. The average molecular weight is 445 g/mol. The molecule has 0 unspecified atom stereocenters. The van der Waals surface area contributed by atoms with Gasteiger partial charge >= 0.3 is 0 Å². The van der Waals surface area contributed by atoms with E-state index < -0.39 is 0 Å². The maximum atomic E-state index is 13.6. The van der Waals surface area contributed by atoms with Gasteiger partial charge in [0.25, 0.3) is 11.8 Å². The van der Waals surface area contributed by atoms with Crippen molar-refractivity contribution in [2.75, 3.05) is 25.1 Å². The summed E-state index contributed by atoms with van der Waals surface area (Å²) in [5, 5.41) is 0. The fraction of sp³-hybridized carbons (Fsp3) is 0.185. The van der Waals surface area contributed by atoms with E-state index in [1.807, 2.05) is 42.2 Å². The average Bonchev–Trinajstić information content (AvgIpc) is 3.09. The molecular weight excluding hydrogens is 419 g/mol. The summed E-state index contributed by atoms with van der Waals surface area (Å²) in [5.41, 5.74) is 3.07. The summed E-state index contributed by atoms with van der Waals surface area (Å²) in [7, 11) is 1.58. The third-order valence-electron chi connectivity index (χ3n) is 5.71. The largest absolute Gasteiger partial charge is 0.497 e. The fourth-order valence-corrected chi connectivity index (χ4v) is 4.00. The number of ether oxygens (including phenoxy) is 1. The molecular formula is C27H25FN2O3. The van der Waals surface area contributed by atoms with Gasteiger partial charge in [0.1, 0.15) is 17.3 Å². The first-order valence-corrected chi connectivity index (χ1v) is 10.9. The molecule has 0 aliphatic carbocycles. The van der Waals surface area contributed by atoms with Gasteiger partial charge in [0.15, 0.2) is 0 Å². The highest BCUT2D eigenvalue weighted by atomic mass is 19.1. The third kappa shape index (κ3) is 4.51. The van der Waals surface area contributed by atoms with Gasteiger partial charge in [0, 0.05) is 18.8 Å². The lowest BCUT2D eigenvalue weighted by Gasteiger charge is -2.25. The highest BCUT2D eigenvalue weighted by Crippen LogP contribution is 2.34. The number of nitrogens with zero attached hydrogens (tertiary/aromatic N) is 2. The first-order valence-electron chi connectivity index (χ1n) is 10.9. The van der Waals surface area contributed by atoms with Crippen molar-refractivity contribution >= 4 is 23.1 Å². The number of hydrogen-bond donors (Lipinski definition) is 0. The zero-order valence-corrected chi connectivity index (χ0v) is 18.6. The van der Waals surface area contributed by atoms with Crippen LogP contribution in [0, 0.1) is 5.82 Å². The first kappa shape index (κ1) is 22.3. The van der Waals surface area contributed by atoms with Crippen molar-refractivity contribution in [2.24, 2.45) is 0 Å². The van der Waals surface area contributed by atoms with Crippen LogP contribution in [0.4, 0.5) is 10.1 Å². The number of anilines is 1. The zero-order chi connectivity index (χ0) is 23.4. The molecule has 33 heavy (non-hydrogen) atoms. The number of likely N-dealkylation sites (N-methyl/N-ethyl adjacent to an activating group) is 1. The molecule has 0 N–H and O–H groups in total. The number of amides is 2. The van der Waals surface area contributed by atoms with Gasteiger partial charge in [0.2, 0.25) is 0 Å². The Hall–Kier alpha value is -3.93. The van der Waals surface area contributed by atoms with Crippen LogP contribution in [-0.4, -0.2) is 36.9 Å². The van der Waals surface area contributed by atoms with Gasteiger partial charge in [-0.2, -0.15) is 0 Å². The van der Waals surface area contributed by atoms with Crippen LogP contribution in [0.15, 0.2) is 84.6 Å². The van der Waals surface area contributed by atoms with E-state index in [1.54, 1.807) is 43.5 Å². The number of rotatable bonds is 8. The van der Waals surface area contributed by atoms with E-state index in [0.717, 1.165) is 11.3 Å². The Labute approximate surface area is 192 Å². The number of methoxy groups -OCH3 is 1. The van der Waals surface area contributed by atoms with Crippen molar-refractivity contribution in [3.63, 3.8) is 0 Å². The molecule has 4 rings (SSSR count). The standard InChI is InChI=1S/C27H25FN2O3/c1-3-29(22-7-5-4-6-8-22)25-24(20-11-15-23(33-2)16-12-20)26(31)30(27(25)32)18-17-19-9-13-21(28)14-10-19/h4-16H,3,17-18H2,1-2H3. The minimum atomic E-state index is -0.336. The highest BCUT2D eigenvalue weighted by Gasteiger charge is 2.41. The highest BCUT2D eigenvalue weighted by molar-refractivity contribution is 6.36. The Balaban J connectivity index is 1.72. The normalized spacial score (nSPS) is 13.6. The molecule has 3 aromatic carbocycles. The van der Waals surface area contributed by atoms with Gasteiger partial charge in [-0.15, -0.1) is 0 Å². The Morgan fingerprint density at radius 2 is 1.55 bits per heavy atom. The molecule has 0 bridgehead atoms. The molecule has 1 heterocycles. The van der Waals surface area contributed by atoms with Crippen molar-refractivity contribution < 1.29 is 18.7 Å². The second-order valence-corrected chi connectivity index (χ2v) is 7.67. The quantitative estimate of drug-likeness (QED) is 0.473. The lowest BCUT2D eigenvalue weighted by Crippen LogP contribution is -2.36. The van der Waals surface area contributed by atoms with Crippen LogP contribution < -0.4 is 9.64 Å². The molecule has 2 amide bonds. The lowest BCUT2D eigenvalue weighted by atomic mass is 10.0. The molecule has 0 saturated carbocycles. The van der Waals surface area contributed by atoms with Gasteiger partial charge < -0.3 is 9.64 Å². The minimum absolute atomic E-state index is 0.207. The molecule has 0 atom stereocenters. The van der Waals surface area contributed by atoms with Crippen LogP contribution in [0.25, 0.3) is 5.57 Å². The number of hydrogen-bond acceptors (Lipinski definition) is 4. The van der Waals surface area contributed by atoms with Gasteiger partial charge in [-0.3, -0.25) is 14.5 Å². The van der Waals surface area contributed by atoms with E-state index in [9.17, 15) is 14.0 Å². The summed E-state index contributed by atoms with van der Waals surface area (Å²) in [6, 6.07) is 22.8.